The Labute approximate surface area is 126 Å². The summed E-state index contributed by atoms with van der Waals surface area (Å²) in [7, 11) is 0. The minimum atomic E-state index is 0.747. The lowest BCUT2D eigenvalue weighted by atomic mass is 9.99. The normalized spacial score (nSPS) is 17.4. The van der Waals surface area contributed by atoms with Crippen LogP contribution in [0.25, 0.3) is 0 Å². The van der Waals surface area contributed by atoms with Gasteiger partial charge in [0.1, 0.15) is 0 Å². The molecule has 0 spiro atoms. The molecule has 0 N–H and O–H groups in total. The number of unbranched alkanes of at least 4 members (excludes halogenated alkanes) is 11. The monoisotopic (exact) mass is 275 g/mol. The summed E-state index contributed by atoms with van der Waals surface area (Å²) < 4.78 is 0. The summed E-state index contributed by atoms with van der Waals surface area (Å²) in [5.41, 5.74) is 0. The molecule has 1 heteroatoms. The van der Waals surface area contributed by atoms with Gasteiger partial charge in [-0.2, -0.15) is 5.26 Å². The number of hydrogen-bond donors (Lipinski definition) is 0. The van der Waals surface area contributed by atoms with Crippen LogP contribution in [0.1, 0.15) is 96.3 Å². The molecule has 0 aromatic carbocycles. The molecule has 0 bridgehead atoms. The van der Waals surface area contributed by atoms with Crippen LogP contribution in [0.4, 0.5) is 0 Å². The van der Waals surface area contributed by atoms with Crippen LogP contribution in [0.5, 0.6) is 0 Å². The molecule has 114 valence electrons. The Kier molecular flexibility index (Phi) is 11.4. The van der Waals surface area contributed by atoms with Gasteiger partial charge in [0, 0.05) is 6.42 Å². The lowest BCUT2D eigenvalue weighted by Crippen LogP contribution is -1.91. The van der Waals surface area contributed by atoms with Gasteiger partial charge in [0.25, 0.3) is 0 Å². The van der Waals surface area contributed by atoms with Gasteiger partial charge in [-0.1, -0.05) is 76.4 Å². The van der Waals surface area contributed by atoms with Gasteiger partial charge < -0.3 is 0 Å². The zero-order valence-corrected chi connectivity index (χ0v) is 13.3. The number of allylic oxidation sites excluding steroid dienone is 2. The Balaban J connectivity index is 1.68. The SMILES string of the molecule is N#CCCCCCCCCCCCCCC1C=CCC1. The molecule has 0 saturated heterocycles. The van der Waals surface area contributed by atoms with Crippen LogP contribution in [-0.2, 0) is 0 Å². The third-order valence-corrected chi connectivity index (χ3v) is 4.48. The van der Waals surface area contributed by atoms with E-state index in [-0.39, 0.29) is 0 Å². The van der Waals surface area contributed by atoms with Crippen molar-refractivity contribution in [2.45, 2.75) is 96.3 Å². The average Bonchev–Trinajstić information content (AvgIpc) is 2.97. The van der Waals surface area contributed by atoms with Crippen LogP contribution >= 0.6 is 0 Å². The molecule has 0 saturated carbocycles. The Bertz CT molecular complexity index is 274. The van der Waals surface area contributed by atoms with E-state index in [9.17, 15) is 0 Å². The number of hydrogen-bond acceptors (Lipinski definition) is 1. The molecule has 0 radical (unpaired) electrons. The van der Waals surface area contributed by atoms with Crippen LogP contribution in [-0.4, -0.2) is 0 Å². The molecule has 1 aliphatic rings. The minimum absolute atomic E-state index is 0.747. The van der Waals surface area contributed by atoms with Gasteiger partial charge in [-0.3, -0.25) is 0 Å². The third-order valence-electron chi connectivity index (χ3n) is 4.48. The molecule has 1 aliphatic carbocycles. The van der Waals surface area contributed by atoms with Crippen LogP contribution in [0.3, 0.4) is 0 Å². The summed E-state index contributed by atoms with van der Waals surface area (Å²) >= 11 is 0. The fraction of sp³-hybridized carbons (Fsp3) is 0.842. The van der Waals surface area contributed by atoms with Gasteiger partial charge in [0.15, 0.2) is 0 Å². The third kappa shape index (κ3) is 10.1. The first kappa shape index (κ1) is 17.3. The van der Waals surface area contributed by atoms with E-state index in [1.165, 1.54) is 83.5 Å². The molecule has 0 aliphatic heterocycles. The van der Waals surface area contributed by atoms with Crippen molar-refractivity contribution in [3.05, 3.63) is 12.2 Å². The van der Waals surface area contributed by atoms with Gasteiger partial charge in [-0.05, 0) is 31.6 Å². The van der Waals surface area contributed by atoms with E-state index >= 15 is 0 Å². The number of nitriles is 1. The molecule has 0 aromatic heterocycles. The van der Waals surface area contributed by atoms with E-state index in [2.05, 4.69) is 18.2 Å². The Morgan fingerprint density at radius 1 is 0.800 bits per heavy atom. The standard InChI is InChI=1S/C19H33N/c20-18-14-10-8-6-4-2-1-3-5-7-9-11-15-19-16-12-13-17-19/h12,16,19H,1-11,13-15,17H2. The van der Waals surface area contributed by atoms with Gasteiger partial charge in [-0.15, -0.1) is 0 Å². The van der Waals surface area contributed by atoms with Gasteiger partial charge >= 0.3 is 0 Å². The zero-order valence-electron chi connectivity index (χ0n) is 13.3. The van der Waals surface area contributed by atoms with E-state index < -0.39 is 0 Å². The van der Waals surface area contributed by atoms with Gasteiger partial charge in [-0.25, -0.2) is 0 Å². The largest absolute Gasteiger partial charge is 0.198 e. The maximum atomic E-state index is 8.44. The average molecular weight is 275 g/mol. The zero-order chi connectivity index (χ0) is 14.3. The second kappa shape index (κ2) is 13.2. The van der Waals surface area contributed by atoms with Crippen molar-refractivity contribution in [2.75, 3.05) is 0 Å². The Morgan fingerprint density at radius 3 is 1.85 bits per heavy atom. The van der Waals surface area contributed by atoms with Crippen molar-refractivity contribution in [1.29, 1.82) is 5.26 Å². The fourth-order valence-electron chi connectivity index (χ4n) is 3.14. The van der Waals surface area contributed by atoms with Crippen molar-refractivity contribution < 1.29 is 0 Å². The van der Waals surface area contributed by atoms with E-state index in [0.717, 1.165) is 18.8 Å². The first-order valence-electron chi connectivity index (χ1n) is 8.97. The maximum Gasteiger partial charge on any atom is 0.0621 e. The summed E-state index contributed by atoms with van der Waals surface area (Å²) in [6, 6.07) is 2.22. The highest BCUT2D eigenvalue weighted by molar-refractivity contribution is 4.95. The van der Waals surface area contributed by atoms with E-state index in [1.807, 2.05) is 0 Å². The summed E-state index contributed by atoms with van der Waals surface area (Å²) in [5.74, 6) is 0.913. The Hall–Kier alpha value is -0.770. The molecular weight excluding hydrogens is 242 g/mol. The first-order valence-corrected chi connectivity index (χ1v) is 8.97. The Morgan fingerprint density at radius 2 is 1.35 bits per heavy atom. The second-order valence-electron chi connectivity index (χ2n) is 6.35. The molecule has 0 fully saturated rings. The van der Waals surface area contributed by atoms with Crippen molar-refractivity contribution in [3.8, 4) is 6.07 Å². The van der Waals surface area contributed by atoms with Crippen LogP contribution in [0.2, 0.25) is 0 Å². The molecular formula is C19H33N. The summed E-state index contributed by atoms with van der Waals surface area (Å²) in [6.07, 6.45) is 24.8. The lowest BCUT2D eigenvalue weighted by Gasteiger charge is -2.06. The van der Waals surface area contributed by atoms with Crippen LogP contribution in [0, 0.1) is 17.2 Å². The van der Waals surface area contributed by atoms with Crippen molar-refractivity contribution >= 4 is 0 Å². The molecule has 1 atom stereocenters. The highest BCUT2D eigenvalue weighted by Crippen LogP contribution is 2.23. The fourth-order valence-corrected chi connectivity index (χ4v) is 3.14. The predicted molar refractivity (Wildman–Crippen MR) is 87.5 cm³/mol. The maximum absolute atomic E-state index is 8.44. The van der Waals surface area contributed by atoms with E-state index in [4.69, 9.17) is 5.26 Å². The second-order valence-corrected chi connectivity index (χ2v) is 6.35. The number of nitrogens with zero attached hydrogens (tertiary/aromatic N) is 1. The summed E-state index contributed by atoms with van der Waals surface area (Å²) in [5, 5.41) is 8.44. The molecule has 1 nitrogen and oxygen atoms in total. The topological polar surface area (TPSA) is 23.8 Å². The smallest absolute Gasteiger partial charge is 0.0621 e. The minimum Gasteiger partial charge on any atom is -0.198 e. The highest BCUT2D eigenvalue weighted by atomic mass is 14.2. The van der Waals surface area contributed by atoms with E-state index in [1.54, 1.807) is 0 Å². The van der Waals surface area contributed by atoms with Gasteiger partial charge in [0.05, 0.1) is 6.07 Å². The predicted octanol–water partition coefficient (Wildman–Crippen LogP) is 6.55. The molecule has 1 rings (SSSR count). The quantitative estimate of drug-likeness (QED) is 0.276. The molecule has 20 heavy (non-hydrogen) atoms. The molecule has 1 unspecified atom stereocenters. The summed E-state index contributed by atoms with van der Waals surface area (Å²) in [6.45, 7) is 0. The van der Waals surface area contributed by atoms with Crippen molar-refractivity contribution in [2.24, 2.45) is 5.92 Å². The van der Waals surface area contributed by atoms with Crippen LogP contribution in [0.15, 0.2) is 12.2 Å². The molecule has 0 amide bonds. The first-order chi connectivity index (χ1) is 9.93. The molecule has 0 aromatic rings. The molecule has 0 heterocycles. The van der Waals surface area contributed by atoms with Crippen molar-refractivity contribution in [3.63, 3.8) is 0 Å². The number of rotatable bonds is 13. The highest BCUT2D eigenvalue weighted by Gasteiger charge is 2.07. The van der Waals surface area contributed by atoms with Gasteiger partial charge in [0.2, 0.25) is 0 Å². The van der Waals surface area contributed by atoms with Crippen LogP contribution < -0.4 is 0 Å². The van der Waals surface area contributed by atoms with Crippen molar-refractivity contribution in [1.82, 2.24) is 0 Å². The van der Waals surface area contributed by atoms with E-state index in [0.29, 0.717) is 0 Å². The lowest BCUT2D eigenvalue weighted by molar-refractivity contribution is 0.503. The summed E-state index contributed by atoms with van der Waals surface area (Å²) in [4.78, 5) is 0.